The Labute approximate surface area is 184 Å². The van der Waals surface area contributed by atoms with Crippen LogP contribution in [0, 0.1) is 5.82 Å². The van der Waals surface area contributed by atoms with E-state index in [-0.39, 0.29) is 28.2 Å². The van der Waals surface area contributed by atoms with Gasteiger partial charge in [0, 0.05) is 17.6 Å². The number of fused-ring (bicyclic) bond motifs is 1. The van der Waals surface area contributed by atoms with Crippen LogP contribution in [0.3, 0.4) is 0 Å². The van der Waals surface area contributed by atoms with Crippen molar-refractivity contribution in [3.63, 3.8) is 0 Å². The molecule has 0 aliphatic heterocycles. The lowest BCUT2D eigenvalue weighted by Gasteiger charge is -2.22. The number of benzene rings is 2. The average molecular weight is 457 g/mol. The molecule has 0 amide bonds. The summed E-state index contributed by atoms with van der Waals surface area (Å²) in [5.41, 5.74) is 6.82. The highest BCUT2D eigenvalue weighted by Crippen LogP contribution is 2.38. The van der Waals surface area contributed by atoms with Crippen LogP contribution in [0.1, 0.15) is 13.8 Å². The molecule has 0 atom stereocenters. The molecule has 0 saturated carbocycles. The second-order valence-electron chi connectivity index (χ2n) is 6.85. The summed E-state index contributed by atoms with van der Waals surface area (Å²) < 4.78 is 45.0. The summed E-state index contributed by atoms with van der Waals surface area (Å²) in [6, 6.07) is 10.3. The van der Waals surface area contributed by atoms with Gasteiger partial charge in [0.1, 0.15) is 17.4 Å². The number of nitrogens with zero attached hydrogens (tertiary/aromatic N) is 4. The topological polar surface area (TPSA) is 127 Å². The van der Waals surface area contributed by atoms with E-state index in [4.69, 9.17) is 10.5 Å². The molecule has 2 aromatic heterocycles. The first-order valence-corrected chi connectivity index (χ1v) is 11.5. The molecule has 0 spiro atoms. The molecular formula is C21H21FN6O3S. The zero-order valence-electron chi connectivity index (χ0n) is 17.4. The SMILES string of the molecule is CCOc1cc(N(c2nccc(N)n2)c2n[nH]c3ccc(F)cc23)cc(S(=O)(=O)CC)c1. The fourth-order valence-corrected chi connectivity index (χ4v) is 4.16. The van der Waals surface area contributed by atoms with E-state index in [1.54, 1.807) is 26.0 Å². The third kappa shape index (κ3) is 4.06. The number of H-pyrrole nitrogens is 1. The fourth-order valence-electron chi connectivity index (χ4n) is 3.23. The molecule has 9 nitrogen and oxygen atoms in total. The normalized spacial score (nSPS) is 11.6. The van der Waals surface area contributed by atoms with Crippen LogP contribution in [0.4, 0.5) is 27.7 Å². The van der Waals surface area contributed by atoms with E-state index in [1.165, 1.54) is 41.4 Å². The van der Waals surface area contributed by atoms with E-state index in [9.17, 15) is 12.8 Å². The lowest BCUT2D eigenvalue weighted by Crippen LogP contribution is -2.16. The number of sulfone groups is 1. The fraction of sp³-hybridized carbons (Fsp3) is 0.190. The minimum atomic E-state index is -3.56. The van der Waals surface area contributed by atoms with Crippen LogP contribution >= 0.6 is 0 Å². The highest BCUT2D eigenvalue weighted by atomic mass is 32.2. The summed E-state index contributed by atoms with van der Waals surface area (Å²) in [4.78, 5) is 10.1. The average Bonchev–Trinajstić information content (AvgIpc) is 3.17. The largest absolute Gasteiger partial charge is 0.494 e. The number of nitrogen functional groups attached to an aromatic ring is 1. The highest BCUT2D eigenvalue weighted by molar-refractivity contribution is 7.91. The molecule has 0 aliphatic carbocycles. The Hall–Kier alpha value is -3.73. The summed E-state index contributed by atoms with van der Waals surface area (Å²) in [5.74, 6) is 0.416. The zero-order valence-corrected chi connectivity index (χ0v) is 18.2. The summed E-state index contributed by atoms with van der Waals surface area (Å²) >= 11 is 0. The van der Waals surface area contributed by atoms with E-state index in [2.05, 4.69) is 20.2 Å². The van der Waals surface area contributed by atoms with Crippen molar-refractivity contribution in [2.45, 2.75) is 18.7 Å². The molecule has 2 heterocycles. The van der Waals surface area contributed by atoms with Crippen LogP contribution in [-0.4, -0.2) is 40.9 Å². The first kappa shape index (κ1) is 21.5. The van der Waals surface area contributed by atoms with E-state index in [1.807, 2.05) is 0 Å². The van der Waals surface area contributed by atoms with Gasteiger partial charge in [-0.3, -0.25) is 10.00 Å². The minimum absolute atomic E-state index is 0.0703. The Kier molecular flexibility index (Phi) is 5.66. The Morgan fingerprint density at radius 3 is 2.69 bits per heavy atom. The number of halogens is 1. The molecule has 2 aromatic carbocycles. The first-order valence-electron chi connectivity index (χ1n) is 9.85. The third-order valence-corrected chi connectivity index (χ3v) is 6.47. The molecule has 4 rings (SSSR count). The van der Waals surface area contributed by atoms with Gasteiger partial charge in [-0.15, -0.1) is 0 Å². The van der Waals surface area contributed by atoms with Gasteiger partial charge in [-0.05, 0) is 43.3 Å². The van der Waals surface area contributed by atoms with Gasteiger partial charge >= 0.3 is 0 Å². The van der Waals surface area contributed by atoms with Crippen molar-refractivity contribution < 1.29 is 17.5 Å². The van der Waals surface area contributed by atoms with Crippen LogP contribution < -0.4 is 15.4 Å². The van der Waals surface area contributed by atoms with Crippen molar-refractivity contribution in [3.05, 3.63) is 54.5 Å². The lowest BCUT2D eigenvalue weighted by molar-refractivity contribution is 0.339. The molecule has 4 aromatic rings. The van der Waals surface area contributed by atoms with Crippen LogP contribution in [0.5, 0.6) is 5.75 Å². The lowest BCUT2D eigenvalue weighted by atomic mass is 10.2. The summed E-state index contributed by atoms with van der Waals surface area (Å²) in [7, 11) is -3.56. The van der Waals surface area contributed by atoms with Crippen molar-refractivity contribution in [2.75, 3.05) is 23.0 Å². The van der Waals surface area contributed by atoms with Gasteiger partial charge in [0.05, 0.1) is 28.5 Å². The standard InChI is InChI=1S/C21H21FN6O3S/c1-3-31-15-10-14(11-16(12-15)32(29,30)4-2)28(21-24-8-7-19(23)25-21)20-17-9-13(22)5-6-18(17)26-27-20/h5-12H,3-4H2,1-2H3,(H,26,27)(H2,23,24,25). The van der Waals surface area contributed by atoms with Gasteiger partial charge in [-0.25, -0.2) is 17.8 Å². The van der Waals surface area contributed by atoms with Crippen LogP contribution in [0.2, 0.25) is 0 Å². The van der Waals surface area contributed by atoms with Crippen LogP contribution in [-0.2, 0) is 9.84 Å². The predicted molar refractivity (Wildman–Crippen MR) is 120 cm³/mol. The molecule has 0 radical (unpaired) electrons. The Bertz CT molecular complexity index is 1390. The number of hydrogen-bond donors (Lipinski definition) is 2. The number of hydrogen-bond acceptors (Lipinski definition) is 8. The van der Waals surface area contributed by atoms with E-state index >= 15 is 0 Å². The van der Waals surface area contributed by atoms with Crippen molar-refractivity contribution in [1.29, 1.82) is 0 Å². The van der Waals surface area contributed by atoms with E-state index in [0.717, 1.165) is 0 Å². The second-order valence-corrected chi connectivity index (χ2v) is 9.13. The molecule has 0 aliphatic rings. The van der Waals surface area contributed by atoms with Crippen LogP contribution in [0.25, 0.3) is 10.9 Å². The zero-order chi connectivity index (χ0) is 22.9. The van der Waals surface area contributed by atoms with Crippen molar-refractivity contribution in [2.24, 2.45) is 0 Å². The van der Waals surface area contributed by atoms with Crippen molar-refractivity contribution in [3.8, 4) is 5.75 Å². The Morgan fingerprint density at radius 2 is 1.97 bits per heavy atom. The molecule has 32 heavy (non-hydrogen) atoms. The first-order chi connectivity index (χ1) is 15.3. The number of nitrogens with two attached hydrogens (primary N) is 1. The summed E-state index contributed by atoms with van der Waals surface area (Å²) in [6.07, 6.45) is 1.47. The molecule has 0 fully saturated rings. The molecule has 0 unspecified atom stereocenters. The molecule has 0 bridgehead atoms. The smallest absolute Gasteiger partial charge is 0.237 e. The number of rotatable bonds is 7. The quantitative estimate of drug-likeness (QED) is 0.431. The van der Waals surface area contributed by atoms with Gasteiger partial charge in [-0.2, -0.15) is 10.1 Å². The van der Waals surface area contributed by atoms with E-state index < -0.39 is 15.7 Å². The predicted octanol–water partition coefficient (Wildman–Crippen LogP) is 3.74. The highest BCUT2D eigenvalue weighted by Gasteiger charge is 2.24. The number of aromatic amines is 1. The maximum absolute atomic E-state index is 14.0. The van der Waals surface area contributed by atoms with Gasteiger partial charge in [0.2, 0.25) is 5.95 Å². The van der Waals surface area contributed by atoms with Crippen LogP contribution in [0.15, 0.2) is 53.6 Å². The number of ether oxygens (including phenoxy) is 1. The molecule has 3 N–H and O–H groups in total. The second kappa shape index (κ2) is 8.42. The Balaban J connectivity index is 2.01. The monoisotopic (exact) mass is 456 g/mol. The maximum atomic E-state index is 14.0. The number of nitrogens with one attached hydrogen (secondary N) is 1. The molecule has 0 saturated heterocycles. The summed E-state index contributed by atoms with van der Waals surface area (Å²) in [5, 5.41) is 7.64. The van der Waals surface area contributed by atoms with Gasteiger partial charge in [-0.1, -0.05) is 6.92 Å². The van der Waals surface area contributed by atoms with Gasteiger partial charge in [0.25, 0.3) is 0 Å². The number of anilines is 4. The molecular weight excluding hydrogens is 435 g/mol. The third-order valence-electron chi connectivity index (χ3n) is 4.75. The van der Waals surface area contributed by atoms with Gasteiger partial charge < -0.3 is 10.5 Å². The van der Waals surface area contributed by atoms with Crippen molar-refractivity contribution in [1.82, 2.24) is 20.2 Å². The van der Waals surface area contributed by atoms with Gasteiger partial charge in [0.15, 0.2) is 15.7 Å². The maximum Gasteiger partial charge on any atom is 0.237 e. The Morgan fingerprint density at radius 1 is 1.16 bits per heavy atom. The molecule has 11 heteroatoms. The van der Waals surface area contributed by atoms with E-state index in [0.29, 0.717) is 28.9 Å². The van der Waals surface area contributed by atoms with Crippen molar-refractivity contribution >= 4 is 44.0 Å². The summed E-state index contributed by atoms with van der Waals surface area (Å²) in [6.45, 7) is 3.69. The minimum Gasteiger partial charge on any atom is -0.494 e. The molecule has 166 valence electrons. The number of aromatic nitrogens is 4.